The summed E-state index contributed by atoms with van der Waals surface area (Å²) in [5, 5.41) is 3.01. The molecule has 1 aliphatic heterocycles. The van der Waals surface area contributed by atoms with Crippen LogP contribution in [0.15, 0.2) is 36.4 Å². The van der Waals surface area contributed by atoms with Crippen LogP contribution in [0.4, 0.5) is 5.69 Å². The first-order valence-corrected chi connectivity index (χ1v) is 7.97. The highest BCUT2D eigenvalue weighted by Gasteiger charge is 2.22. The zero-order chi connectivity index (χ0) is 16.4. The van der Waals surface area contributed by atoms with Gasteiger partial charge in [0.2, 0.25) is 5.91 Å². The van der Waals surface area contributed by atoms with Crippen LogP contribution in [0.2, 0.25) is 0 Å². The summed E-state index contributed by atoms with van der Waals surface area (Å²) in [6, 6.07) is 11.7. The van der Waals surface area contributed by atoms with Gasteiger partial charge in [-0.3, -0.25) is 4.79 Å². The molecule has 4 nitrogen and oxygen atoms in total. The molecule has 0 aliphatic carbocycles. The van der Waals surface area contributed by atoms with Crippen molar-refractivity contribution < 1.29 is 9.53 Å². The Kier molecular flexibility index (Phi) is 4.35. The molecule has 23 heavy (non-hydrogen) atoms. The minimum Gasteiger partial charge on any atom is -0.497 e. The van der Waals surface area contributed by atoms with Crippen molar-refractivity contribution >= 4 is 11.6 Å². The zero-order valence-corrected chi connectivity index (χ0v) is 13.6. The Morgan fingerprint density at radius 3 is 2.83 bits per heavy atom. The molecule has 1 atom stereocenters. The van der Waals surface area contributed by atoms with Gasteiger partial charge in [-0.15, -0.1) is 0 Å². The Labute approximate surface area is 136 Å². The van der Waals surface area contributed by atoms with Crippen molar-refractivity contribution in [1.82, 2.24) is 0 Å². The molecule has 0 radical (unpaired) electrons. The van der Waals surface area contributed by atoms with Gasteiger partial charge in [0.05, 0.1) is 13.2 Å². The highest BCUT2D eigenvalue weighted by atomic mass is 16.5. The summed E-state index contributed by atoms with van der Waals surface area (Å²) in [6.07, 6.45) is 2.25. The van der Waals surface area contributed by atoms with Crippen molar-refractivity contribution in [2.24, 2.45) is 5.73 Å². The second-order valence-electron chi connectivity index (χ2n) is 5.88. The number of amides is 1. The Balaban J connectivity index is 2.08. The molecule has 120 valence electrons. The third kappa shape index (κ3) is 3.08. The average molecular weight is 310 g/mol. The Bertz CT molecular complexity index is 740. The fraction of sp³-hybridized carbons (Fsp3) is 0.316. The largest absolute Gasteiger partial charge is 0.497 e. The van der Waals surface area contributed by atoms with Crippen LogP contribution in [0.3, 0.4) is 0 Å². The van der Waals surface area contributed by atoms with E-state index in [4.69, 9.17) is 10.5 Å². The van der Waals surface area contributed by atoms with Crippen LogP contribution in [0, 0.1) is 0 Å². The summed E-state index contributed by atoms with van der Waals surface area (Å²) in [7, 11) is 1.64. The Morgan fingerprint density at radius 1 is 1.26 bits per heavy atom. The molecule has 0 fully saturated rings. The minimum atomic E-state index is -0.302. The number of ether oxygens (including phenoxy) is 1. The lowest BCUT2D eigenvalue weighted by atomic mass is 9.89. The average Bonchev–Trinajstić information content (AvgIpc) is 2.60. The monoisotopic (exact) mass is 310 g/mol. The van der Waals surface area contributed by atoms with Gasteiger partial charge in [-0.1, -0.05) is 31.2 Å². The fourth-order valence-electron chi connectivity index (χ4n) is 3.06. The molecule has 0 aromatic heterocycles. The number of hydrogen-bond donors (Lipinski definition) is 2. The molecule has 2 aromatic carbocycles. The third-order valence-corrected chi connectivity index (χ3v) is 4.39. The smallest absolute Gasteiger partial charge is 0.224 e. The van der Waals surface area contributed by atoms with E-state index >= 15 is 0 Å². The number of hydrogen-bond acceptors (Lipinski definition) is 3. The molecule has 0 spiro atoms. The maximum absolute atomic E-state index is 11.8. The van der Waals surface area contributed by atoms with E-state index in [9.17, 15) is 4.79 Å². The van der Waals surface area contributed by atoms with Gasteiger partial charge in [0, 0.05) is 12.1 Å². The molecular formula is C19H22N2O2. The minimum absolute atomic E-state index is 0.0563. The lowest BCUT2D eigenvalue weighted by molar-refractivity contribution is -0.116. The molecule has 1 aliphatic rings. The van der Waals surface area contributed by atoms with E-state index in [0.29, 0.717) is 6.42 Å². The standard InChI is InChI=1S/C19H22N2O2/c1-3-12-9-14-7-8-17(22)21-19(14)16(10-12)18(20)13-5-4-6-15(11-13)23-2/h4-6,9-11,18H,3,7-8,20H2,1-2H3,(H,21,22). The molecule has 3 rings (SSSR count). The van der Waals surface area contributed by atoms with Crippen LogP contribution in [-0.4, -0.2) is 13.0 Å². The number of nitrogens with one attached hydrogen (secondary N) is 1. The summed E-state index contributed by atoms with van der Waals surface area (Å²) in [5.74, 6) is 0.836. The number of aryl methyl sites for hydroxylation is 2. The van der Waals surface area contributed by atoms with Crippen molar-refractivity contribution in [3.8, 4) is 5.75 Å². The summed E-state index contributed by atoms with van der Waals surface area (Å²) in [5.41, 5.74) is 11.8. The second kappa shape index (κ2) is 6.42. The molecule has 4 heteroatoms. The van der Waals surface area contributed by atoms with E-state index in [2.05, 4.69) is 24.4 Å². The number of methoxy groups -OCH3 is 1. The molecule has 1 heterocycles. The van der Waals surface area contributed by atoms with Gasteiger partial charge in [0.1, 0.15) is 5.75 Å². The first-order valence-electron chi connectivity index (χ1n) is 7.97. The quantitative estimate of drug-likeness (QED) is 0.911. The maximum Gasteiger partial charge on any atom is 0.224 e. The zero-order valence-electron chi connectivity index (χ0n) is 13.6. The van der Waals surface area contributed by atoms with E-state index in [1.54, 1.807) is 7.11 Å². The van der Waals surface area contributed by atoms with Gasteiger partial charge in [-0.05, 0) is 47.2 Å². The highest BCUT2D eigenvalue weighted by molar-refractivity contribution is 5.95. The van der Waals surface area contributed by atoms with Gasteiger partial charge < -0.3 is 15.8 Å². The fourth-order valence-corrected chi connectivity index (χ4v) is 3.06. The van der Waals surface area contributed by atoms with Crippen LogP contribution in [-0.2, 0) is 17.6 Å². The van der Waals surface area contributed by atoms with E-state index < -0.39 is 0 Å². The summed E-state index contributed by atoms with van der Waals surface area (Å²) < 4.78 is 5.29. The van der Waals surface area contributed by atoms with Gasteiger partial charge in [0.25, 0.3) is 0 Å². The molecule has 0 bridgehead atoms. The Morgan fingerprint density at radius 2 is 2.09 bits per heavy atom. The van der Waals surface area contributed by atoms with Crippen molar-refractivity contribution in [2.45, 2.75) is 32.2 Å². The van der Waals surface area contributed by atoms with Crippen LogP contribution in [0.5, 0.6) is 5.75 Å². The van der Waals surface area contributed by atoms with Gasteiger partial charge >= 0.3 is 0 Å². The van der Waals surface area contributed by atoms with E-state index in [0.717, 1.165) is 35.4 Å². The van der Waals surface area contributed by atoms with E-state index in [-0.39, 0.29) is 11.9 Å². The van der Waals surface area contributed by atoms with Crippen molar-refractivity contribution in [3.63, 3.8) is 0 Å². The lowest BCUT2D eigenvalue weighted by Gasteiger charge is -2.25. The normalized spacial score (nSPS) is 14.8. The van der Waals surface area contributed by atoms with E-state index in [1.165, 1.54) is 11.1 Å². The lowest BCUT2D eigenvalue weighted by Crippen LogP contribution is -2.23. The molecular weight excluding hydrogens is 288 g/mol. The predicted octanol–water partition coefficient (Wildman–Crippen LogP) is 3.19. The third-order valence-electron chi connectivity index (χ3n) is 4.39. The topological polar surface area (TPSA) is 64.3 Å². The number of carbonyl (C=O) groups is 1. The predicted molar refractivity (Wildman–Crippen MR) is 91.8 cm³/mol. The van der Waals surface area contributed by atoms with Gasteiger partial charge in [-0.2, -0.15) is 0 Å². The van der Waals surface area contributed by atoms with Crippen LogP contribution < -0.4 is 15.8 Å². The summed E-state index contributed by atoms with van der Waals surface area (Å²) >= 11 is 0. The number of fused-ring (bicyclic) bond motifs is 1. The van der Waals surface area contributed by atoms with Gasteiger partial charge in [0.15, 0.2) is 0 Å². The van der Waals surface area contributed by atoms with Gasteiger partial charge in [-0.25, -0.2) is 0 Å². The van der Waals surface area contributed by atoms with Crippen molar-refractivity contribution in [3.05, 3.63) is 58.7 Å². The number of anilines is 1. The molecule has 1 unspecified atom stereocenters. The first kappa shape index (κ1) is 15.6. The highest BCUT2D eigenvalue weighted by Crippen LogP contribution is 2.35. The van der Waals surface area contributed by atoms with Crippen LogP contribution in [0.25, 0.3) is 0 Å². The van der Waals surface area contributed by atoms with Crippen molar-refractivity contribution in [2.75, 3.05) is 12.4 Å². The van der Waals surface area contributed by atoms with Crippen LogP contribution in [0.1, 0.15) is 41.6 Å². The number of carbonyl (C=O) groups excluding carboxylic acids is 1. The van der Waals surface area contributed by atoms with Crippen molar-refractivity contribution in [1.29, 1.82) is 0 Å². The molecule has 0 saturated carbocycles. The van der Waals surface area contributed by atoms with Crippen LogP contribution >= 0.6 is 0 Å². The van der Waals surface area contributed by atoms with E-state index in [1.807, 2.05) is 24.3 Å². The Hall–Kier alpha value is -2.33. The molecule has 1 amide bonds. The first-order chi connectivity index (χ1) is 11.1. The molecule has 0 saturated heterocycles. The maximum atomic E-state index is 11.8. The number of benzene rings is 2. The summed E-state index contributed by atoms with van der Waals surface area (Å²) in [4.78, 5) is 11.8. The molecule has 3 N–H and O–H groups in total. The second-order valence-corrected chi connectivity index (χ2v) is 5.88. The number of nitrogens with two attached hydrogens (primary N) is 1. The SMILES string of the molecule is CCc1cc2c(c(C(N)c3cccc(OC)c3)c1)NC(=O)CC2. The number of rotatable bonds is 4. The summed E-state index contributed by atoms with van der Waals surface area (Å²) in [6.45, 7) is 2.13. The molecule has 2 aromatic rings.